The Morgan fingerprint density at radius 1 is 1.00 bits per heavy atom. The Kier molecular flexibility index (Phi) is 5.74. The van der Waals surface area contributed by atoms with Crippen LogP contribution >= 0.6 is 0 Å². The molecule has 0 radical (unpaired) electrons. The molecule has 2 heterocycles. The highest BCUT2D eigenvalue weighted by Crippen LogP contribution is 2.20. The number of hydrogen-bond acceptors (Lipinski definition) is 5. The lowest BCUT2D eigenvalue weighted by Crippen LogP contribution is -2.32. The van der Waals surface area contributed by atoms with E-state index in [1.54, 1.807) is 0 Å². The number of urea groups is 1. The van der Waals surface area contributed by atoms with Gasteiger partial charge in [0.05, 0.1) is 0 Å². The van der Waals surface area contributed by atoms with Crippen molar-refractivity contribution in [3.63, 3.8) is 0 Å². The smallest absolute Gasteiger partial charge is 0.319 e. The molecule has 0 atom stereocenters. The van der Waals surface area contributed by atoms with E-state index in [9.17, 15) is 4.79 Å². The third-order valence-corrected chi connectivity index (χ3v) is 4.97. The van der Waals surface area contributed by atoms with Gasteiger partial charge in [-0.25, -0.2) is 9.78 Å². The van der Waals surface area contributed by atoms with Crippen LogP contribution in [0.4, 0.5) is 22.2 Å². The van der Waals surface area contributed by atoms with Gasteiger partial charge in [0.2, 0.25) is 5.95 Å². The Labute approximate surface area is 170 Å². The molecule has 2 amide bonds. The number of anilines is 3. The van der Waals surface area contributed by atoms with Crippen molar-refractivity contribution in [2.24, 2.45) is 0 Å². The zero-order valence-electron chi connectivity index (χ0n) is 16.6. The Balaban J connectivity index is 1.26. The van der Waals surface area contributed by atoms with Crippen LogP contribution < -0.4 is 20.9 Å². The Morgan fingerprint density at radius 3 is 2.62 bits per heavy atom. The number of hydrogen-bond donors (Lipinski definition) is 3. The number of carbonyl (C=O) groups excluding carboxylic acids is 1. The summed E-state index contributed by atoms with van der Waals surface area (Å²) in [4.78, 5) is 23.5. The highest BCUT2D eigenvalue weighted by Gasteiger charge is 2.15. The second-order valence-corrected chi connectivity index (χ2v) is 7.25. The normalized spacial score (nSPS) is 13.5. The van der Waals surface area contributed by atoms with Crippen molar-refractivity contribution in [3.8, 4) is 0 Å². The van der Waals surface area contributed by atoms with Crippen molar-refractivity contribution in [3.05, 3.63) is 54.2 Å². The molecule has 3 N–H and O–H groups in total. The number of nitrogens with one attached hydrogen (secondary N) is 3. The van der Waals surface area contributed by atoms with E-state index in [1.165, 1.54) is 12.8 Å². The summed E-state index contributed by atoms with van der Waals surface area (Å²) >= 11 is 0. The summed E-state index contributed by atoms with van der Waals surface area (Å²) in [7, 11) is 0. The largest absolute Gasteiger partial charge is 0.356 e. The third-order valence-electron chi connectivity index (χ3n) is 4.97. The molecule has 0 spiro atoms. The molecule has 1 aliphatic rings. The van der Waals surface area contributed by atoms with Gasteiger partial charge >= 0.3 is 6.03 Å². The average Bonchev–Trinajstić information content (AvgIpc) is 3.26. The second kappa shape index (κ2) is 8.77. The molecule has 0 aliphatic carbocycles. The first-order valence-corrected chi connectivity index (χ1v) is 10.1. The van der Waals surface area contributed by atoms with Gasteiger partial charge < -0.3 is 20.9 Å². The SMILES string of the molecule is Cc1cc(N2CCCC2)nc(NCCNC(=O)Nc2ccc3ccccc3c2)n1. The van der Waals surface area contributed by atoms with Gasteiger partial charge in [-0.05, 0) is 42.7 Å². The molecule has 2 aromatic carbocycles. The summed E-state index contributed by atoms with van der Waals surface area (Å²) in [6.07, 6.45) is 2.42. The molecule has 150 valence electrons. The predicted octanol–water partition coefficient (Wildman–Crippen LogP) is 3.77. The van der Waals surface area contributed by atoms with Crippen LogP contribution in [0, 0.1) is 6.92 Å². The van der Waals surface area contributed by atoms with Crippen LogP contribution in [0.25, 0.3) is 10.8 Å². The molecule has 29 heavy (non-hydrogen) atoms. The number of rotatable bonds is 6. The van der Waals surface area contributed by atoms with Gasteiger partial charge in [-0.1, -0.05) is 30.3 Å². The summed E-state index contributed by atoms with van der Waals surface area (Å²) < 4.78 is 0. The fraction of sp³-hybridized carbons (Fsp3) is 0.318. The summed E-state index contributed by atoms with van der Waals surface area (Å²) in [5, 5.41) is 11.2. The van der Waals surface area contributed by atoms with Crippen molar-refractivity contribution < 1.29 is 4.79 Å². The lowest BCUT2D eigenvalue weighted by molar-refractivity contribution is 0.252. The van der Waals surface area contributed by atoms with Gasteiger partial charge in [-0.15, -0.1) is 0 Å². The third kappa shape index (κ3) is 4.93. The molecule has 7 heteroatoms. The van der Waals surface area contributed by atoms with E-state index in [0.717, 1.165) is 41.1 Å². The highest BCUT2D eigenvalue weighted by molar-refractivity contribution is 5.93. The molecule has 4 rings (SSSR count). The quantitative estimate of drug-likeness (QED) is 0.558. The number of benzene rings is 2. The fourth-order valence-electron chi connectivity index (χ4n) is 3.53. The van der Waals surface area contributed by atoms with E-state index in [-0.39, 0.29) is 6.03 Å². The van der Waals surface area contributed by atoms with E-state index in [1.807, 2.05) is 55.5 Å². The zero-order chi connectivity index (χ0) is 20.1. The van der Waals surface area contributed by atoms with E-state index >= 15 is 0 Å². The predicted molar refractivity (Wildman–Crippen MR) is 118 cm³/mol. The molecule has 1 saturated heterocycles. The van der Waals surface area contributed by atoms with Crippen molar-refractivity contribution in [1.82, 2.24) is 15.3 Å². The number of aryl methyl sites for hydroxylation is 1. The van der Waals surface area contributed by atoms with Gasteiger partial charge in [0.25, 0.3) is 0 Å². The van der Waals surface area contributed by atoms with E-state index in [2.05, 4.69) is 30.8 Å². The van der Waals surface area contributed by atoms with Crippen molar-refractivity contribution in [2.45, 2.75) is 19.8 Å². The minimum atomic E-state index is -0.231. The first-order chi connectivity index (χ1) is 14.2. The maximum absolute atomic E-state index is 12.2. The molecule has 1 aliphatic heterocycles. The molecular formula is C22H26N6O. The van der Waals surface area contributed by atoms with Crippen LogP contribution in [-0.2, 0) is 0 Å². The van der Waals surface area contributed by atoms with Crippen molar-refractivity contribution in [2.75, 3.05) is 41.7 Å². The Morgan fingerprint density at radius 2 is 1.79 bits per heavy atom. The zero-order valence-corrected chi connectivity index (χ0v) is 16.6. The average molecular weight is 390 g/mol. The molecule has 0 unspecified atom stereocenters. The minimum Gasteiger partial charge on any atom is -0.356 e. The van der Waals surface area contributed by atoms with Gasteiger partial charge in [-0.2, -0.15) is 4.98 Å². The van der Waals surface area contributed by atoms with E-state index < -0.39 is 0 Å². The number of aromatic nitrogens is 2. The molecule has 3 aromatic rings. The lowest BCUT2D eigenvalue weighted by Gasteiger charge is -2.17. The lowest BCUT2D eigenvalue weighted by atomic mass is 10.1. The van der Waals surface area contributed by atoms with Crippen LogP contribution in [0.5, 0.6) is 0 Å². The van der Waals surface area contributed by atoms with Crippen molar-refractivity contribution >= 4 is 34.3 Å². The molecule has 1 fully saturated rings. The van der Waals surface area contributed by atoms with Crippen LogP contribution in [0.1, 0.15) is 18.5 Å². The Bertz CT molecular complexity index is 1000. The number of amides is 2. The van der Waals surface area contributed by atoms with Gasteiger partial charge in [0, 0.05) is 43.6 Å². The summed E-state index contributed by atoms with van der Waals surface area (Å²) in [5.41, 5.74) is 1.71. The first-order valence-electron chi connectivity index (χ1n) is 10.1. The topological polar surface area (TPSA) is 82.2 Å². The molecular weight excluding hydrogens is 364 g/mol. The Hall–Kier alpha value is -3.35. The van der Waals surface area contributed by atoms with Gasteiger partial charge in [0.1, 0.15) is 5.82 Å². The second-order valence-electron chi connectivity index (χ2n) is 7.25. The van der Waals surface area contributed by atoms with Crippen molar-refractivity contribution in [1.29, 1.82) is 0 Å². The molecule has 1 aromatic heterocycles. The number of nitrogens with zero attached hydrogens (tertiary/aromatic N) is 3. The highest BCUT2D eigenvalue weighted by atomic mass is 16.2. The molecule has 0 saturated carbocycles. The summed E-state index contributed by atoms with van der Waals surface area (Å²) in [6, 6.07) is 15.7. The first kappa shape index (κ1) is 19.0. The number of fused-ring (bicyclic) bond motifs is 1. The van der Waals surface area contributed by atoms with Gasteiger partial charge in [0.15, 0.2) is 0 Å². The fourth-order valence-corrected chi connectivity index (χ4v) is 3.53. The standard InChI is InChI=1S/C22H26N6O/c1-16-14-20(28-12-4-5-13-28)27-21(25-16)23-10-11-24-22(29)26-19-9-8-17-6-2-3-7-18(17)15-19/h2-3,6-9,14-15H,4-5,10-13H2,1H3,(H,23,25,27)(H2,24,26,29). The van der Waals surface area contributed by atoms with Crippen LogP contribution in [0.3, 0.4) is 0 Å². The van der Waals surface area contributed by atoms with Crippen LogP contribution in [0.2, 0.25) is 0 Å². The molecule has 0 bridgehead atoms. The number of carbonyl (C=O) groups is 1. The maximum atomic E-state index is 12.2. The maximum Gasteiger partial charge on any atom is 0.319 e. The van der Waals surface area contributed by atoms with E-state index in [4.69, 9.17) is 0 Å². The monoisotopic (exact) mass is 390 g/mol. The van der Waals surface area contributed by atoms with E-state index in [0.29, 0.717) is 19.0 Å². The van der Waals surface area contributed by atoms with Crippen LogP contribution in [0.15, 0.2) is 48.5 Å². The molecule has 7 nitrogen and oxygen atoms in total. The summed E-state index contributed by atoms with van der Waals surface area (Å²) in [6.45, 7) is 5.09. The summed E-state index contributed by atoms with van der Waals surface area (Å²) in [5.74, 6) is 1.57. The minimum absolute atomic E-state index is 0.231. The van der Waals surface area contributed by atoms with Crippen LogP contribution in [-0.4, -0.2) is 42.2 Å². The van der Waals surface area contributed by atoms with Gasteiger partial charge in [-0.3, -0.25) is 0 Å².